The van der Waals surface area contributed by atoms with Crippen LogP contribution in [0.1, 0.15) is 38.5 Å². The molecule has 20 heavy (non-hydrogen) atoms. The Labute approximate surface area is 121 Å². The first kappa shape index (κ1) is 16.0. The summed E-state index contributed by atoms with van der Waals surface area (Å²) < 4.78 is 11.9. The molecule has 2 bridgehead atoms. The summed E-state index contributed by atoms with van der Waals surface area (Å²) in [5, 5.41) is 17.6. The molecular formula is C16H28O4. The van der Waals surface area contributed by atoms with Crippen molar-refractivity contribution in [3.63, 3.8) is 0 Å². The Kier molecular flexibility index (Phi) is 7.00. The van der Waals surface area contributed by atoms with Crippen LogP contribution in [0.5, 0.6) is 0 Å². The van der Waals surface area contributed by atoms with Crippen LogP contribution in [0.25, 0.3) is 0 Å². The highest BCUT2D eigenvalue weighted by Crippen LogP contribution is 2.45. The van der Waals surface area contributed by atoms with Gasteiger partial charge >= 0.3 is 0 Å². The molecule has 2 aliphatic rings. The lowest BCUT2D eigenvalue weighted by Gasteiger charge is -2.28. The Morgan fingerprint density at radius 1 is 0.900 bits per heavy atom. The lowest BCUT2D eigenvalue weighted by Crippen LogP contribution is -2.31. The van der Waals surface area contributed by atoms with Crippen LogP contribution < -0.4 is 0 Å². The average molecular weight is 284 g/mol. The Hall–Kier alpha value is -0.420. The van der Waals surface area contributed by atoms with Crippen LogP contribution in [0.3, 0.4) is 0 Å². The van der Waals surface area contributed by atoms with Crippen LogP contribution in [0.4, 0.5) is 0 Å². The number of ether oxygens (including phenoxy) is 2. The Bertz CT molecular complexity index is 280. The lowest BCUT2D eigenvalue weighted by atomic mass is 9.93. The molecule has 0 aromatic carbocycles. The highest BCUT2D eigenvalue weighted by atomic mass is 16.7. The SMILES string of the molecule is OCCCCOC(OCCCCO)C1CC2C=CC1C2. The third kappa shape index (κ3) is 4.55. The molecule has 0 saturated heterocycles. The van der Waals surface area contributed by atoms with Gasteiger partial charge in [-0.1, -0.05) is 12.2 Å². The first-order valence-corrected chi connectivity index (χ1v) is 7.98. The molecule has 0 amide bonds. The molecule has 0 aromatic heterocycles. The fourth-order valence-electron chi connectivity index (χ4n) is 3.26. The minimum absolute atomic E-state index is 0.118. The van der Waals surface area contributed by atoms with Crippen LogP contribution in [-0.4, -0.2) is 42.9 Å². The van der Waals surface area contributed by atoms with Gasteiger partial charge < -0.3 is 19.7 Å². The third-order valence-corrected chi connectivity index (χ3v) is 4.35. The van der Waals surface area contributed by atoms with Crippen LogP contribution in [0.2, 0.25) is 0 Å². The van der Waals surface area contributed by atoms with E-state index >= 15 is 0 Å². The molecule has 2 aliphatic carbocycles. The van der Waals surface area contributed by atoms with Crippen LogP contribution >= 0.6 is 0 Å². The largest absolute Gasteiger partial charge is 0.396 e. The summed E-state index contributed by atoms with van der Waals surface area (Å²) in [7, 11) is 0. The predicted molar refractivity (Wildman–Crippen MR) is 77.2 cm³/mol. The van der Waals surface area contributed by atoms with Crippen LogP contribution in [-0.2, 0) is 9.47 Å². The van der Waals surface area contributed by atoms with Gasteiger partial charge in [-0.05, 0) is 50.4 Å². The normalized spacial score (nSPS) is 27.9. The van der Waals surface area contributed by atoms with Gasteiger partial charge in [-0.2, -0.15) is 0 Å². The number of allylic oxidation sites excluding steroid dienone is 2. The Balaban J connectivity index is 1.75. The second-order valence-corrected chi connectivity index (χ2v) is 5.92. The van der Waals surface area contributed by atoms with Crippen molar-refractivity contribution in [3.8, 4) is 0 Å². The summed E-state index contributed by atoms with van der Waals surface area (Å²) >= 11 is 0. The molecule has 2 N–H and O–H groups in total. The van der Waals surface area contributed by atoms with E-state index in [0.29, 0.717) is 25.0 Å². The van der Waals surface area contributed by atoms with E-state index in [-0.39, 0.29) is 19.5 Å². The van der Waals surface area contributed by atoms with Crippen molar-refractivity contribution in [2.24, 2.45) is 17.8 Å². The van der Waals surface area contributed by atoms with E-state index in [0.717, 1.165) is 31.6 Å². The van der Waals surface area contributed by atoms with Gasteiger partial charge in [0.05, 0.1) is 0 Å². The minimum atomic E-state index is -0.118. The lowest BCUT2D eigenvalue weighted by molar-refractivity contribution is -0.178. The van der Waals surface area contributed by atoms with E-state index in [1.54, 1.807) is 0 Å². The van der Waals surface area contributed by atoms with E-state index < -0.39 is 0 Å². The molecular weight excluding hydrogens is 256 g/mol. The van der Waals surface area contributed by atoms with Crippen LogP contribution in [0.15, 0.2) is 12.2 Å². The molecule has 2 rings (SSSR count). The molecule has 0 spiro atoms. The summed E-state index contributed by atoms with van der Waals surface area (Å²) in [5.74, 6) is 1.81. The zero-order chi connectivity index (χ0) is 14.2. The van der Waals surface area contributed by atoms with Crippen molar-refractivity contribution in [2.45, 2.75) is 44.8 Å². The van der Waals surface area contributed by atoms with Gasteiger partial charge in [-0.25, -0.2) is 0 Å². The van der Waals surface area contributed by atoms with Crippen molar-refractivity contribution in [3.05, 3.63) is 12.2 Å². The maximum atomic E-state index is 8.81. The van der Waals surface area contributed by atoms with Crippen molar-refractivity contribution >= 4 is 0 Å². The van der Waals surface area contributed by atoms with Gasteiger partial charge in [0.2, 0.25) is 0 Å². The first-order valence-electron chi connectivity index (χ1n) is 7.98. The number of rotatable bonds is 11. The van der Waals surface area contributed by atoms with Crippen molar-refractivity contribution in [2.75, 3.05) is 26.4 Å². The number of unbranched alkanes of at least 4 members (excludes halogenated alkanes) is 2. The zero-order valence-corrected chi connectivity index (χ0v) is 12.2. The molecule has 0 aromatic rings. The molecule has 0 heterocycles. The monoisotopic (exact) mass is 284 g/mol. The quantitative estimate of drug-likeness (QED) is 0.346. The molecule has 4 nitrogen and oxygen atoms in total. The van der Waals surface area contributed by atoms with Crippen LogP contribution in [0, 0.1) is 17.8 Å². The molecule has 3 unspecified atom stereocenters. The van der Waals surface area contributed by atoms with E-state index in [2.05, 4.69) is 12.2 Å². The summed E-state index contributed by atoms with van der Waals surface area (Å²) in [6, 6.07) is 0. The molecule has 116 valence electrons. The molecule has 4 heteroatoms. The highest BCUT2D eigenvalue weighted by molar-refractivity contribution is 5.10. The average Bonchev–Trinajstić information content (AvgIpc) is 3.08. The van der Waals surface area contributed by atoms with Gasteiger partial charge in [0.15, 0.2) is 6.29 Å². The molecule has 0 aliphatic heterocycles. The van der Waals surface area contributed by atoms with Gasteiger partial charge in [-0.3, -0.25) is 0 Å². The van der Waals surface area contributed by atoms with Gasteiger partial charge in [0, 0.05) is 32.3 Å². The maximum Gasteiger partial charge on any atom is 0.160 e. The number of hydrogen-bond acceptors (Lipinski definition) is 4. The summed E-state index contributed by atoms with van der Waals surface area (Å²) in [5.41, 5.74) is 0. The highest BCUT2D eigenvalue weighted by Gasteiger charge is 2.41. The maximum absolute atomic E-state index is 8.81. The third-order valence-electron chi connectivity index (χ3n) is 4.35. The van der Waals surface area contributed by atoms with E-state index in [1.807, 2.05) is 0 Å². The zero-order valence-electron chi connectivity index (χ0n) is 12.2. The fraction of sp³-hybridized carbons (Fsp3) is 0.875. The minimum Gasteiger partial charge on any atom is -0.396 e. The van der Waals surface area contributed by atoms with Gasteiger partial charge in [-0.15, -0.1) is 0 Å². The summed E-state index contributed by atoms with van der Waals surface area (Å²) in [6.07, 6.45) is 10.3. The first-order chi connectivity index (χ1) is 9.85. The molecule has 1 fully saturated rings. The standard InChI is InChI=1S/C16H28O4/c17-7-1-3-9-19-16(20-10-4-2-8-18)15-12-13-5-6-14(15)11-13/h5-6,13-18H,1-4,7-12H2. The summed E-state index contributed by atoms with van der Waals surface area (Å²) in [4.78, 5) is 0. The van der Waals surface area contributed by atoms with Crippen molar-refractivity contribution < 1.29 is 19.7 Å². The van der Waals surface area contributed by atoms with E-state index in [1.165, 1.54) is 12.8 Å². The number of hydrogen-bond donors (Lipinski definition) is 2. The van der Waals surface area contributed by atoms with Crippen molar-refractivity contribution in [1.82, 2.24) is 0 Å². The predicted octanol–water partition coefficient (Wildman–Crippen LogP) is 2.10. The second-order valence-electron chi connectivity index (χ2n) is 5.92. The Morgan fingerprint density at radius 2 is 1.55 bits per heavy atom. The Morgan fingerprint density at radius 3 is 2.00 bits per heavy atom. The number of fused-ring (bicyclic) bond motifs is 2. The summed E-state index contributed by atoms with van der Waals surface area (Å²) in [6.45, 7) is 1.76. The molecule has 1 saturated carbocycles. The van der Waals surface area contributed by atoms with Gasteiger partial charge in [0.1, 0.15) is 0 Å². The van der Waals surface area contributed by atoms with E-state index in [4.69, 9.17) is 19.7 Å². The smallest absolute Gasteiger partial charge is 0.160 e. The van der Waals surface area contributed by atoms with Crippen molar-refractivity contribution in [1.29, 1.82) is 0 Å². The number of aliphatic hydroxyl groups is 2. The van der Waals surface area contributed by atoms with Gasteiger partial charge in [0.25, 0.3) is 0 Å². The second kappa shape index (κ2) is 8.78. The molecule has 0 radical (unpaired) electrons. The van der Waals surface area contributed by atoms with E-state index in [9.17, 15) is 0 Å². The topological polar surface area (TPSA) is 58.9 Å². The molecule has 3 atom stereocenters. The number of aliphatic hydroxyl groups excluding tert-OH is 2. The fourth-order valence-corrected chi connectivity index (χ4v) is 3.26.